The molecule has 198 valence electrons. The van der Waals surface area contributed by atoms with E-state index in [1.165, 1.54) is 56.0 Å². The van der Waals surface area contributed by atoms with Gasteiger partial charge < -0.3 is 0 Å². The van der Waals surface area contributed by atoms with Crippen LogP contribution in [0.25, 0.3) is 39.3 Å². The topological polar surface area (TPSA) is 8.81 Å². The van der Waals surface area contributed by atoms with Crippen molar-refractivity contribution in [3.8, 4) is 39.3 Å². The molecule has 0 bridgehead atoms. The number of nitrogens with zero attached hydrogens (tertiary/aromatic N) is 2. The van der Waals surface area contributed by atoms with Crippen LogP contribution >= 0.6 is 0 Å². The van der Waals surface area contributed by atoms with E-state index >= 15 is 0 Å². The molecule has 4 aromatic carbocycles. The van der Waals surface area contributed by atoms with Gasteiger partial charge in [-0.15, -0.1) is 0 Å². The van der Waals surface area contributed by atoms with E-state index in [4.69, 9.17) is 0 Å². The van der Waals surface area contributed by atoms with Crippen molar-refractivity contribution in [2.24, 2.45) is 0 Å². The Balaban J connectivity index is 1.76. The monoisotopic (exact) mass is 513 g/mol. The van der Waals surface area contributed by atoms with Crippen LogP contribution in [-0.2, 0) is 0 Å². The number of benzene rings is 4. The molecule has 0 unspecified atom stereocenters. The molecule has 0 spiro atoms. The average molecular weight is 514 g/mol. The SMILES string of the molecule is Cc1ccccc1-c1n(-c2c(C(C)C)cc(-c3cccc(-c4ccccc4)c3)cc2C(C)C)cc[n+]1C(C)C. The highest BCUT2D eigenvalue weighted by Gasteiger charge is 2.29. The summed E-state index contributed by atoms with van der Waals surface area (Å²) >= 11 is 0. The third kappa shape index (κ3) is 5.21. The molecular formula is C37H41N2+. The largest absolute Gasteiger partial charge is 0.294 e. The Labute approximate surface area is 234 Å². The van der Waals surface area contributed by atoms with Gasteiger partial charge in [-0.2, -0.15) is 4.57 Å². The molecule has 2 heteroatoms. The lowest BCUT2D eigenvalue weighted by Crippen LogP contribution is -2.37. The number of aryl methyl sites for hydroxylation is 1. The first-order chi connectivity index (χ1) is 18.8. The predicted molar refractivity (Wildman–Crippen MR) is 166 cm³/mol. The Hall–Kier alpha value is -3.91. The van der Waals surface area contributed by atoms with Gasteiger partial charge in [0.25, 0.3) is 5.82 Å². The second-order valence-corrected chi connectivity index (χ2v) is 11.6. The van der Waals surface area contributed by atoms with Crippen LogP contribution in [0.1, 0.15) is 76.1 Å². The molecule has 5 rings (SSSR count). The summed E-state index contributed by atoms with van der Waals surface area (Å²) < 4.78 is 4.87. The summed E-state index contributed by atoms with van der Waals surface area (Å²) in [5, 5.41) is 0. The highest BCUT2D eigenvalue weighted by molar-refractivity contribution is 5.76. The van der Waals surface area contributed by atoms with Gasteiger partial charge in [-0.1, -0.05) is 94.4 Å². The summed E-state index contributed by atoms with van der Waals surface area (Å²) in [5.41, 5.74) is 11.7. The molecule has 0 aliphatic rings. The predicted octanol–water partition coefficient (Wildman–Crippen LogP) is 9.90. The highest BCUT2D eigenvalue weighted by Crippen LogP contribution is 2.39. The van der Waals surface area contributed by atoms with Crippen molar-refractivity contribution >= 4 is 0 Å². The third-order valence-electron chi connectivity index (χ3n) is 7.75. The summed E-state index contributed by atoms with van der Waals surface area (Å²) in [7, 11) is 0. The Bertz CT molecular complexity index is 1560. The van der Waals surface area contributed by atoms with Crippen molar-refractivity contribution in [2.45, 2.75) is 66.3 Å². The molecule has 0 radical (unpaired) electrons. The molecule has 1 aromatic heterocycles. The Kier molecular flexibility index (Phi) is 7.57. The van der Waals surface area contributed by atoms with Gasteiger partial charge >= 0.3 is 0 Å². The second kappa shape index (κ2) is 11.1. The van der Waals surface area contributed by atoms with Gasteiger partial charge in [-0.05, 0) is 84.7 Å². The maximum atomic E-state index is 2.46. The van der Waals surface area contributed by atoms with Crippen molar-refractivity contribution in [3.05, 3.63) is 120 Å². The standard InChI is InChI=1S/C37H41N2/c1-25(2)34-23-32(31-18-13-17-30(22-31)29-15-9-8-10-16-29)24-35(26(3)4)36(34)39-21-20-38(27(5)6)37(39)33-19-12-11-14-28(33)7/h8-27H,1-7H3/q+1. The molecule has 0 saturated heterocycles. The van der Waals surface area contributed by atoms with Crippen LogP contribution in [0.4, 0.5) is 0 Å². The lowest BCUT2D eigenvalue weighted by molar-refractivity contribution is -0.704. The van der Waals surface area contributed by atoms with E-state index in [1.54, 1.807) is 0 Å². The Morgan fingerprint density at radius 3 is 1.74 bits per heavy atom. The van der Waals surface area contributed by atoms with E-state index in [-0.39, 0.29) is 0 Å². The minimum Gasteiger partial charge on any atom is -0.227 e. The first-order valence-corrected chi connectivity index (χ1v) is 14.3. The molecule has 1 heterocycles. The maximum Gasteiger partial charge on any atom is 0.294 e. The average Bonchev–Trinajstić information content (AvgIpc) is 3.38. The minimum atomic E-state index is 0.353. The van der Waals surface area contributed by atoms with E-state index in [0.29, 0.717) is 17.9 Å². The molecule has 0 amide bonds. The maximum absolute atomic E-state index is 2.46. The van der Waals surface area contributed by atoms with Gasteiger partial charge in [0, 0.05) is 11.1 Å². The van der Waals surface area contributed by atoms with E-state index in [1.807, 2.05) is 0 Å². The van der Waals surface area contributed by atoms with E-state index < -0.39 is 0 Å². The summed E-state index contributed by atoms with van der Waals surface area (Å²) in [6.07, 6.45) is 4.52. The van der Waals surface area contributed by atoms with Gasteiger partial charge in [0.15, 0.2) is 0 Å². The lowest BCUT2D eigenvalue weighted by atomic mass is 9.87. The van der Waals surface area contributed by atoms with Crippen molar-refractivity contribution in [2.75, 3.05) is 0 Å². The molecule has 0 N–H and O–H groups in total. The summed E-state index contributed by atoms with van der Waals surface area (Å²) in [6, 6.07) is 33.6. The summed E-state index contributed by atoms with van der Waals surface area (Å²) in [5.74, 6) is 1.98. The summed E-state index contributed by atoms with van der Waals surface area (Å²) in [4.78, 5) is 0. The van der Waals surface area contributed by atoms with E-state index in [2.05, 4.69) is 161 Å². The van der Waals surface area contributed by atoms with Gasteiger partial charge in [0.1, 0.15) is 18.1 Å². The fourth-order valence-electron chi connectivity index (χ4n) is 5.61. The fourth-order valence-corrected chi connectivity index (χ4v) is 5.61. The molecule has 0 aliphatic carbocycles. The Morgan fingerprint density at radius 2 is 1.15 bits per heavy atom. The molecule has 0 atom stereocenters. The van der Waals surface area contributed by atoms with Gasteiger partial charge in [-0.25, -0.2) is 4.57 Å². The van der Waals surface area contributed by atoms with E-state index in [0.717, 1.165) is 0 Å². The highest BCUT2D eigenvalue weighted by atomic mass is 15.2. The molecule has 39 heavy (non-hydrogen) atoms. The van der Waals surface area contributed by atoms with Crippen molar-refractivity contribution < 1.29 is 4.57 Å². The quantitative estimate of drug-likeness (QED) is 0.191. The zero-order valence-electron chi connectivity index (χ0n) is 24.4. The number of rotatable bonds is 7. The molecule has 0 aliphatic heterocycles. The minimum absolute atomic E-state index is 0.353. The van der Waals surface area contributed by atoms with E-state index in [9.17, 15) is 0 Å². The van der Waals surface area contributed by atoms with Crippen LogP contribution in [-0.4, -0.2) is 4.57 Å². The normalized spacial score (nSPS) is 11.6. The smallest absolute Gasteiger partial charge is 0.227 e. The number of aromatic nitrogens is 2. The van der Waals surface area contributed by atoms with Crippen LogP contribution in [0.3, 0.4) is 0 Å². The molecule has 0 fully saturated rings. The van der Waals surface area contributed by atoms with Crippen LogP contribution in [0.15, 0.2) is 103 Å². The molecule has 5 aromatic rings. The molecule has 2 nitrogen and oxygen atoms in total. The van der Waals surface area contributed by atoms with Crippen LogP contribution in [0.2, 0.25) is 0 Å². The fraction of sp³-hybridized carbons (Fsp3) is 0.270. The van der Waals surface area contributed by atoms with Gasteiger partial charge in [-0.3, -0.25) is 0 Å². The van der Waals surface area contributed by atoms with Gasteiger partial charge in [0.05, 0.1) is 11.6 Å². The van der Waals surface area contributed by atoms with Crippen LogP contribution in [0.5, 0.6) is 0 Å². The van der Waals surface area contributed by atoms with Crippen LogP contribution in [0, 0.1) is 6.92 Å². The van der Waals surface area contributed by atoms with Crippen molar-refractivity contribution in [1.29, 1.82) is 0 Å². The zero-order chi connectivity index (χ0) is 27.7. The summed E-state index contributed by atoms with van der Waals surface area (Å²) in [6.45, 7) is 16.0. The first-order valence-electron chi connectivity index (χ1n) is 14.3. The first kappa shape index (κ1) is 26.7. The Morgan fingerprint density at radius 1 is 0.590 bits per heavy atom. The van der Waals surface area contributed by atoms with Gasteiger partial charge in [0.2, 0.25) is 0 Å². The molecular weight excluding hydrogens is 472 g/mol. The number of hydrogen-bond acceptors (Lipinski definition) is 0. The molecule has 0 saturated carbocycles. The zero-order valence-corrected chi connectivity index (χ0v) is 24.4. The van der Waals surface area contributed by atoms with Crippen molar-refractivity contribution in [1.82, 2.24) is 4.57 Å². The van der Waals surface area contributed by atoms with Crippen LogP contribution < -0.4 is 4.57 Å². The third-order valence-corrected chi connectivity index (χ3v) is 7.75. The lowest BCUT2D eigenvalue weighted by Gasteiger charge is -2.21. The number of hydrogen-bond donors (Lipinski definition) is 0. The van der Waals surface area contributed by atoms with Crippen molar-refractivity contribution in [3.63, 3.8) is 0 Å². The number of imidazole rings is 1. The second-order valence-electron chi connectivity index (χ2n) is 11.6.